The van der Waals surface area contributed by atoms with E-state index in [1.807, 2.05) is 41.3 Å². The van der Waals surface area contributed by atoms with E-state index in [1.54, 1.807) is 24.3 Å². The molecule has 0 bridgehead atoms. The predicted octanol–water partition coefficient (Wildman–Crippen LogP) is 3.88. The van der Waals surface area contributed by atoms with Crippen LogP contribution in [-0.4, -0.2) is 41.7 Å². The second kappa shape index (κ2) is 8.41. The van der Waals surface area contributed by atoms with Gasteiger partial charge in [-0.3, -0.25) is 24.5 Å². The number of fused-ring (bicyclic) bond motifs is 5. The molecule has 3 aromatic rings. The van der Waals surface area contributed by atoms with Gasteiger partial charge in [-0.25, -0.2) is 4.90 Å². The van der Waals surface area contributed by atoms with Gasteiger partial charge in [-0.15, -0.1) is 0 Å². The molecule has 9 heteroatoms. The highest BCUT2D eigenvalue weighted by atomic mass is 16.6. The molecule has 3 aromatic carbocycles. The summed E-state index contributed by atoms with van der Waals surface area (Å²) in [5.41, 5.74) is 2.20. The molecule has 2 saturated heterocycles. The number of carbonyl (C=O) groups is 3. The average molecular weight is 495 g/mol. The van der Waals surface area contributed by atoms with E-state index in [-0.39, 0.29) is 17.2 Å². The largest absolute Gasteiger partial charge is 0.497 e. The first-order valence-electron chi connectivity index (χ1n) is 11.8. The van der Waals surface area contributed by atoms with E-state index >= 15 is 0 Å². The third-order valence-corrected chi connectivity index (χ3v) is 7.38. The summed E-state index contributed by atoms with van der Waals surface area (Å²) in [6.45, 7) is 0. The van der Waals surface area contributed by atoms with Gasteiger partial charge in [-0.05, 0) is 48.0 Å². The quantitative estimate of drug-likeness (QED) is 0.229. The van der Waals surface area contributed by atoms with Crippen LogP contribution in [0.25, 0.3) is 6.08 Å². The number of imide groups is 1. The van der Waals surface area contributed by atoms with Crippen molar-refractivity contribution in [3.63, 3.8) is 0 Å². The number of Topliss-reactive ketones (excluding diaryl/α,β-unsaturated/α-hetero) is 1. The first-order chi connectivity index (χ1) is 17.9. The Balaban J connectivity index is 1.45. The highest BCUT2D eigenvalue weighted by Gasteiger charge is 2.64. The van der Waals surface area contributed by atoms with Gasteiger partial charge in [0.2, 0.25) is 11.8 Å². The van der Waals surface area contributed by atoms with E-state index in [2.05, 4.69) is 0 Å². The molecule has 0 spiro atoms. The number of benzene rings is 3. The van der Waals surface area contributed by atoms with Gasteiger partial charge >= 0.3 is 0 Å². The van der Waals surface area contributed by atoms with E-state index in [9.17, 15) is 24.5 Å². The standard InChI is InChI=1S/C28H21N3O6/c1-37-20-13-6-17(7-14-20)26(32)25-24-23(22-15-8-16-4-2-3-5-21(16)30(22)25)27(33)29(28(24)34)18-9-11-19(12-10-18)31(35)36/h2-15,22-25H,1H3/t22-,23-,24+,25+/m1/s1. The molecule has 37 heavy (non-hydrogen) atoms. The fourth-order valence-corrected chi connectivity index (χ4v) is 5.72. The molecule has 0 saturated carbocycles. The van der Waals surface area contributed by atoms with Crippen LogP contribution in [0, 0.1) is 22.0 Å². The molecular formula is C28H21N3O6. The zero-order valence-corrected chi connectivity index (χ0v) is 19.7. The van der Waals surface area contributed by atoms with Crippen molar-refractivity contribution in [1.82, 2.24) is 0 Å². The van der Waals surface area contributed by atoms with Crippen molar-refractivity contribution in [3.8, 4) is 5.75 Å². The summed E-state index contributed by atoms with van der Waals surface area (Å²) in [5, 5.41) is 11.1. The first-order valence-corrected chi connectivity index (χ1v) is 11.8. The maximum Gasteiger partial charge on any atom is 0.269 e. The second-order valence-corrected chi connectivity index (χ2v) is 9.19. The van der Waals surface area contributed by atoms with Crippen LogP contribution in [0.2, 0.25) is 0 Å². The molecular weight excluding hydrogens is 474 g/mol. The van der Waals surface area contributed by atoms with E-state index in [1.165, 1.54) is 31.4 Å². The first kappa shape index (κ1) is 22.7. The molecule has 0 aliphatic carbocycles. The van der Waals surface area contributed by atoms with Crippen molar-refractivity contribution < 1.29 is 24.0 Å². The van der Waals surface area contributed by atoms with Crippen molar-refractivity contribution in [3.05, 3.63) is 100 Å². The lowest BCUT2D eigenvalue weighted by atomic mass is 9.86. The lowest BCUT2D eigenvalue weighted by Crippen LogP contribution is -2.48. The van der Waals surface area contributed by atoms with Gasteiger partial charge in [0.15, 0.2) is 5.78 Å². The van der Waals surface area contributed by atoms with Gasteiger partial charge in [0.25, 0.3) is 5.69 Å². The lowest BCUT2D eigenvalue weighted by Gasteiger charge is -2.36. The van der Waals surface area contributed by atoms with Crippen molar-refractivity contribution in [1.29, 1.82) is 0 Å². The van der Waals surface area contributed by atoms with Crippen molar-refractivity contribution >= 4 is 40.7 Å². The van der Waals surface area contributed by atoms with Gasteiger partial charge in [-0.2, -0.15) is 0 Å². The van der Waals surface area contributed by atoms with Crippen LogP contribution in [-0.2, 0) is 9.59 Å². The van der Waals surface area contributed by atoms with Gasteiger partial charge in [0, 0.05) is 23.4 Å². The summed E-state index contributed by atoms with van der Waals surface area (Å²) < 4.78 is 5.22. The van der Waals surface area contributed by atoms with E-state index in [4.69, 9.17) is 4.74 Å². The summed E-state index contributed by atoms with van der Waals surface area (Å²) >= 11 is 0. The van der Waals surface area contributed by atoms with Gasteiger partial charge < -0.3 is 9.64 Å². The van der Waals surface area contributed by atoms with Crippen molar-refractivity contribution in [2.45, 2.75) is 12.1 Å². The number of nitrogens with zero attached hydrogens (tertiary/aromatic N) is 3. The van der Waals surface area contributed by atoms with Gasteiger partial charge in [-0.1, -0.05) is 30.4 Å². The number of hydrogen-bond donors (Lipinski definition) is 0. The van der Waals surface area contributed by atoms with Gasteiger partial charge in [0.05, 0.1) is 35.6 Å². The zero-order chi connectivity index (χ0) is 25.8. The highest BCUT2D eigenvalue weighted by molar-refractivity contribution is 6.25. The maximum atomic E-state index is 14.0. The number of nitro groups is 1. The number of nitro benzene ring substituents is 1. The highest BCUT2D eigenvalue weighted by Crippen LogP contribution is 2.49. The number of ketones is 1. The van der Waals surface area contributed by atoms with Crippen LogP contribution in [0.3, 0.4) is 0 Å². The number of methoxy groups -OCH3 is 1. The maximum absolute atomic E-state index is 14.0. The number of ether oxygens (including phenoxy) is 1. The molecule has 3 heterocycles. The Hall–Kier alpha value is -4.79. The van der Waals surface area contributed by atoms with Crippen LogP contribution in [0.1, 0.15) is 15.9 Å². The number of rotatable bonds is 5. The molecule has 184 valence electrons. The molecule has 3 aliphatic rings. The number of non-ortho nitro benzene ring substituents is 1. The molecule has 0 aromatic heterocycles. The van der Waals surface area contributed by atoms with Crippen LogP contribution >= 0.6 is 0 Å². The minimum atomic E-state index is -0.918. The van der Waals surface area contributed by atoms with Crippen LogP contribution in [0.15, 0.2) is 78.9 Å². The molecule has 9 nitrogen and oxygen atoms in total. The Bertz CT molecular complexity index is 1480. The molecule has 3 aliphatic heterocycles. The Kier molecular flexibility index (Phi) is 5.15. The Morgan fingerprint density at radius 2 is 1.59 bits per heavy atom. The third-order valence-electron chi connectivity index (χ3n) is 7.38. The number of hydrogen-bond acceptors (Lipinski definition) is 7. The number of para-hydroxylation sites is 1. The predicted molar refractivity (Wildman–Crippen MR) is 135 cm³/mol. The summed E-state index contributed by atoms with van der Waals surface area (Å²) in [6, 6.07) is 18.2. The summed E-state index contributed by atoms with van der Waals surface area (Å²) in [4.78, 5) is 55.1. The van der Waals surface area contributed by atoms with Crippen molar-refractivity contribution in [2.75, 3.05) is 16.9 Å². The monoisotopic (exact) mass is 495 g/mol. The normalized spacial score (nSPS) is 23.5. The number of anilines is 2. The third kappa shape index (κ3) is 3.35. The molecule has 0 unspecified atom stereocenters. The van der Waals surface area contributed by atoms with Crippen LogP contribution < -0.4 is 14.5 Å². The fourth-order valence-electron chi connectivity index (χ4n) is 5.72. The minimum Gasteiger partial charge on any atom is -0.497 e. The van der Waals surface area contributed by atoms with E-state index in [0.717, 1.165) is 16.2 Å². The topological polar surface area (TPSA) is 110 Å². The van der Waals surface area contributed by atoms with Crippen LogP contribution in [0.4, 0.5) is 17.1 Å². The minimum absolute atomic E-state index is 0.145. The Morgan fingerprint density at radius 1 is 0.919 bits per heavy atom. The molecule has 0 N–H and O–H groups in total. The SMILES string of the molecule is COc1ccc(C(=O)[C@@H]2[C@H]3C(=O)N(c4ccc([N+](=O)[O-])cc4)C(=O)[C@@H]3[C@H]3C=Cc4ccccc4N32)cc1. The lowest BCUT2D eigenvalue weighted by molar-refractivity contribution is -0.384. The zero-order valence-electron chi connectivity index (χ0n) is 19.7. The number of carbonyl (C=O) groups excluding carboxylic acids is 3. The summed E-state index contributed by atoms with van der Waals surface area (Å²) in [5.74, 6) is -2.28. The van der Waals surface area contributed by atoms with E-state index < -0.39 is 40.7 Å². The second-order valence-electron chi connectivity index (χ2n) is 9.19. The Labute approximate surface area is 211 Å². The molecule has 6 rings (SSSR count). The fraction of sp³-hybridized carbons (Fsp3) is 0.179. The molecule has 4 atom stereocenters. The summed E-state index contributed by atoms with van der Waals surface area (Å²) in [7, 11) is 1.54. The van der Waals surface area contributed by atoms with E-state index in [0.29, 0.717) is 11.3 Å². The molecule has 2 fully saturated rings. The van der Waals surface area contributed by atoms with Crippen LogP contribution in [0.5, 0.6) is 5.75 Å². The van der Waals surface area contributed by atoms with Gasteiger partial charge in [0.1, 0.15) is 11.8 Å². The van der Waals surface area contributed by atoms with Crippen molar-refractivity contribution in [2.24, 2.45) is 11.8 Å². The Morgan fingerprint density at radius 3 is 2.27 bits per heavy atom. The average Bonchev–Trinajstić information content (AvgIpc) is 3.41. The summed E-state index contributed by atoms with van der Waals surface area (Å²) in [6.07, 6.45) is 3.80. The molecule has 0 radical (unpaired) electrons. The molecule has 2 amide bonds. The smallest absolute Gasteiger partial charge is 0.269 e. The number of amides is 2.